The van der Waals surface area contributed by atoms with E-state index < -0.39 is 5.97 Å². The number of nitrogens with zero attached hydrogens (tertiary/aromatic N) is 1. The zero-order chi connectivity index (χ0) is 14.8. The van der Waals surface area contributed by atoms with Crippen molar-refractivity contribution < 1.29 is 14.3 Å². The minimum Gasteiger partial charge on any atom is -0.424 e. The predicted molar refractivity (Wildman–Crippen MR) is 79.4 cm³/mol. The molecule has 0 fully saturated rings. The average Bonchev–Trinajstić information content (AvgIpc) is 2.92. The van der Waals surface area contributed by atoms with E-state index in [9.17, 15) is 9.59 Å². The number of hydrogen-bond donors (Lipinski definition) is 0. The van der Waals surface area contributed by atoms with Gasteiger partial charge < -0.3 is 4.74 Å². The lowest BCUT2D eigenvalue weighted by Gasteiger charge is -2.08. The highest BCUT2D eigenvalue weighted by molar-refractivity contribution is 6.04. The molecule has 4 heteroatoms. The van der Waals surface area contributed by atoms with Crippen molar-refractivity contribution in [1.82, 2.24) is 4.57 Å². The predicted octanol–water partition coefficient (Wildman–Crippen LogP) is 3.26. The number of aromatic nitrogens is 1. The van der Waals surface area contributed by atoms with Crippen molar-refractivity contribution >= 4 is 22.8 Å². The molecular formula is C17H13NO3. The van der Waals surface area contributed by atoms with Crippen LogP contribution in [0.25, 0.3) is 10.9 Å². The van der Waals surface area contributed by atoms with Gasteiger partial charge >= 0.3 is 5.97 Å². The minimum absolute atomic E-state index is 0.162. The van der Waals surface area contributed by atoms with Crippen molar-refractivity contribution in [2.24, 2.45) is 0 Å². The van der Waals surface area contributed by atoms with Crippen LogP contribution in [0.1, 0.15) is 17.3 Å². The van der Waals surface area contributed by atoms with E-state index in [0.29, 0.717) is 16.8 Å². The number of benzene rings is 2. The van der Waals surface area contributed by atoms with Crippen molar-refractivity contribution in [1.29, 1.82) is 0 Å². The molecule has 0 unspecified atom stereocenters. The van der Waals surface area contributed by atoms with Crippen LogP contribution < -0.4 is 4.74 Å². The maximum Gasteiger partial charge on any atom is 0.308 e. The number of carbonyl (C=O) groups excluding carboxylic acids is 2. The molecule has 0 radical (unpaired) electrons. The Balaban J connectivity index is 2.15. The number of ether oxygens (including phenoxy) is 1. The Morgan fingerprint density at radius 3 is 2.43 bits per heavy atom. The lowest BCUT2D eigenvalue weighted by Crippen LogP contribution is -2.12. The Hall–Kier alpha value is -2.88. The fraction of sp³-hybridized carbons (Fsp3) is 0.0588. The van der Waals surface area contributed by atoms with Gasteiger partial charge in [-0.05, 0) is 24.3 Å². The molecule has 0 saturated heterocycles. The number of hydrogen-bond acceptors (Lipinski definition) is 3. The summed E-state index contributed by atoms with van der Waals surface area (Å²) in [5.74, 6) is -0.193. The summed E-state index contributed by atoms with van der Waals surface area (Å²) in [7, 11) is 0. The smallest absolute Gasteiger partial charge is 0.308 e. The molecule has 2 aromatic carbocycles. The molecule has 0 aliphatic carbocycles. The zero-order valence-electron chi connectivity index (χ0n) is 11.4. The van der Waals surface area contributed by atoms with Crippen LogP contribution in [0.2, 0.25) is 0 Å². The molecule has 1 aromatic heterocycles. The van der Waals surface area contributed by atoms with Crippen LogP contribution in [0.3, 0.4) is 0 Å². The first-order valence-corrected chi connectivity index (χ1v) is 6.55. The van der Waals surface area contributed by atoms with Gasteiger partial charge in [0, 0.05) is 24.1 Å². The summed E-state index contributed by atoms with van der Waals surface area (Å²) in [4.78, 5) is 23.8. The molecule has 0 atom stereocenters. The molecule has 104 valence electrons. The molecule has 0 aliphatic heterocycles. The molecule has 0 saturated carbocycles. The number of rotatable bonds is 2. The largest absolute Gasteiger partial charge is 0.424 e. The first kappa shape index (κ1) is 13.1. The molecule has 3 aromatic rings. The summed E-state index contributed by atoms with van der Waals surface area (Å²) in [6.07, 6.45) is 1.69. The lowest BCUT2D eigenvalue weighted by atomic mass is 10.2. The Labute approximate surface area is 121 Å². The average molecular weight is 279 g/mol. The Morgan fingerprint density at radius 1 is 0.952 bits per heavy atom. The van der Waals surface area contributed by atoms with Crippen LogP contribution in [0, 0.1) is 0 Å². The minimum atomic E-state index is -0.414. The standard InChI is InChI=1S/C17H13NO3/c1-12(19)21-15-9-5-8-13-10-11-18(16(13)15)17(20)14-6-3-2-4-7-14/h2-11H,1H3. The Bertz CT molecular complexity index is 818. The van der Waals surface area contributed by atoms with E-state index in [1.165, 1.54) is 11.5 Å². The van der Waals surface area contributed by atoms with Gasteiger partial charge in [0.05, 0.1) is 5.52 Å². The van der Waals surface area contributed by atoms with Gasteiger partial charge in [0.2, 0.25) is 0 Å². The van der Waals surface area contributed by atoms with Crippen molar-refractivity contribution in [3.63, 3.8) is 0 Å². The van der Waals surface area contributed by atoms with Gasteiger partial charge in [-0.25, -0.2) is 0 Å². The van der Waals surface area contributed by atoms with Crippen LogP contribution in [-0.2, 0) is 4.79 Å². The highest BCUT2D eigenvalue weighted by Crippen LogP contribution is 2.27. The molecule has 0 bridgehead atoms. The van der Waals surface area contributed by atoms with E-state index in [0.717, 1.165) is 5.39 Å². The summed E-state index contributed by atoms with van der Waals surface area (Å²) in [5.41, 5.74) is 1.18. The van der Waals surface area contributed by atoms with E-state index in [4.69, 9.17) is 4.74 Å². The van der Waals surface area contributed by atoms with Crippen LogP contribution in [0.5, 0.6) is 5.75 Å². The molecule has 0 aliphatic rings. The second-order valence-electron chi connectivity index (χ2n) is 4.64. The number of fused-ring (bicyclic) bond motifs is 1. The van der Waals surface area contributed by atoms with Gasteiger partial charge in [-0.3, -0.25) is 14.2 Å². The van der Waals surface area contributed by atoms with Gasteiger partial charge in [-0.2, -0.15) is 0 Å². The van der Waals surface area contributed by atoms with Crippen LogP contribution in [0.4, 0.5) is 0 Å². The molecule has 1 heterocycles. The highest BCUT2D eigenvalue weighted by Gasteiger charge is 2.15. The van der Waals surface area contributed by atoms with Crippen molar-refractivity contribution in [2.75, 3.05) is 0 Å². The summed E-state index contributed by atoms with van der Waals surface area (Å²) < 4.78 is 6.70. The lowest BCUT2D eigenvalue weighted by molar-refractivity contribution is -0.131. The van der Waals surface area contributed by atoms with Crippen molar-refractivity contribution in [2.45, 2.75) is 6.92 Å². The van der Waals surface area contributed by atoms with Gasteiger partial charge in [0.15, 0.2) is 5.75 Å². The SMILES string of the molecule is CC(=O)Oc1cccc2ccn(C(=O)c3ccccc3)c12. The fourth-order valence-electron chi connectivity index (χ4n) is 2.29. The topological polar surface area (TPSA) is 48.3 Å². The first-order valence-electron chi connectivity index (χ1n) is 6.55. The third kappa shape index (κ3) is 2.43. The summed E-state index contributed by atoms with van der Waals surface area (Å²) in [6, 6.07) is 16.1. The van der Waals surface area contributed by atoms with E-state index in [-0.39, 0.29) is 5.91 Å². The fourth-order valence-corrected chi connectivity index (χ4v) is 2.29. The molecule has 0 N–H and O–H groups in total. The third-order valence-corrected chi connectivity index (χ3v) is 3.17. The maximum absolute atomic E-state index is 12.6. The normalized spacial score (nSPS) is 10.5. The molecule has 0 spiro atoms. The maximum atomic E-state index is 12.6. The number of carbonyl (C=O) groups is 2. The Morgan fingerprint density at radius 2 is 1.71 bits per heavy atom. The van der Waals surface area contributed by atoms with Gasteiger partial charge in [0.1, 0.15) is 0 Å². The molecule has 21 heavy (non-hydrogen) atoms. The number of para-hydroxylation sites is 1. The molecule has 0 amide bonds. The van der Waals surface area contributed by atoms with Crippen molar-refractivity contribution in [3.05, 3.63) is 66.4 Å². The van der Waals surface area contributed by atoms with Gasteiger partial charge in [-0.1, -0.05) is 30.3 Å². The summed E-state index contributed by atoms with van der Waals surface area (Å²) in [5, 5.41) is 0.845. The highest BCUT2D eigenvalue weighted by atomic mass is 16.5. The van der Waals surface area contributed by atoms with E-state index in [1.807, 2.05) is 30.3 Å². The first-order chi connectivity index (χ1) is 10.2. The van der Waals surface area contributed by atoms with Gasteiger partial charge in [0.25, 0.3) is 5.91 Å². The van der Waals surface area contributed by atoms with Crippen LogP contribution in [0.15, 0.2) is 60.8 Å². The third-order valence-electron chi connectivity index (χ3n) is 3.17. The molecular weight excluding hydrogens is 266 g/mol. The van der Waals surface area contributed by atoms with Crippen LogP contribution in [-0.4, -0.2) is 16.4 Å². The molecule has 3 rings (SSSR count). The van der Waals surface area contributed by atoms with E-state index in [2.05, 4.69) is 0 Å². The van der Waals surface area contributed by atoms with Crippen LogP contribution >= 0.6 is 0 Å². The summed E-state index contributed by atoms with van der Waals surface area (Å²) >= 11 is 0. The van der Waals surface area contributed by atoms with E-state index >= 15 is 0 Å². The monoisotopic (exact) mass is 279 g/mol. The van der Waals surface area contributed by atoms with Gasteiger partial charge in [-0.15, -0.1) is 0 Å². The quantitative estimate of drug-likeness (QED) is 0.534. The zero-order valence-corrected chi connectivity index (χ0v) is 11.4. The van der Waals surface area contributed by atoms with Crippen molar-refractivity contribution in [3.8, 4) is 5.75 Å². The van der Waals surface area contributed by atoms with E-state index in [1.54, 1.807) is 30.5 Å². The summed E-state index contributed by atoms with van der Waals surface area (Å²) in [6.45, 7) is 1.34. The Kier molecular flexibility index (Phi) is 3.28. The second-order valence-corrected chi connectivity index (χ2v) is 4.64. The number of esters is 1. The second kappa shape index (κ2) is 5.25. The molecule has 4 nitrogen and oxygen atoms in total.